The summed E-state index contributed by atoms with van der Waals surface area (Å²) < 4.78 is 25.2. The highest BCUT2D eigenvalue weighted by Crippen LogP contribution is 2.07. The second-order valence-electron chi connectivity index (χ2n) is 4.48. The molecule has 0 aliphatic heterocycles. The molecule has 0 amide bonds. The molecule has 108 valence electrons. The summed E-state index contributed by atoms with van der Waals surface area (Å²) in [6.45, 7) is 2.14. The number of nitrogens with one attached hydrogen (secondary N) is 1. The molecule has 0 heterocycles. The molecule has 0 fully saturated rings. The van der Waals surface area contributed by atoms with Gasteiger partial charge in [0.1, 0.15) is 0 Å². The van der Waals surface area contributed by atoms with E-state index >= 15 is 0 Å². The third kappa shape index (κ3) is 11.9. The van der Waals surface area contributed by atoms with Crippen molar-refractivity contribution >= 4 is 16.0 Å². The Morgan fingerprint density at radius 3 is 2.17 bits per heavy atom. The van der Waals surface area contributed by atoms with Gasteiger partial charge >= 0.3 is 5.97 Å². The lowest BCUT2D eigenvalue weighted by Gasteiger charge is -2.05. The van der Waals surface area contributed by atoms with Crippen LogP contribution in [0, 0.1) is 0 Å². The molecule has 0 aliphatic carbocycles. The summed E-state index contributed by atoms with van der Waals surface area (Å²) in [4.78, 5) is 10.2. The molecule has 0 rings (SSSR count). The van der Waals surface area contributed by atoms with Crippen molar-refractivity contribution in [1.82, 2.24) is 4.72 Å². The van der Waals surface area contributed by atoms with Crippen LogP contribution in [0.25, 0.3) is 0 Å². The molecule has 6 heteroatoms. The number of sulfonamides is 1. The van der Waals surface area contributed by atoms with E-state index in [0.29, 0.717) is 6.42 Å². The summed E-state index contributed by atoms with van der Waals surface area (Å²) >= 11 is 0. The van der Waals surface area contributed by atoms with Crippen LogP contribution in [0.4, 0.5) is 0 Å². The fraction of sp³-hybridized carbons (Fsp3) is 0.917. The smallest absolute Gasteiger partial charge is 0.304 e. The lowest BCUT2D eigenvalue weighted by molar-refractivity contribution is -0.136. The number of aliphatic carboxylic acids is 1. The van der Waals surface area contributed by atoms with Crippen molar-refractivity contribution in [2.75, 3.05) is 12.3 Å². The van der Waals surface area contributed by atoms with Gasteiger partial charge in [-0.15, -0.1) is 0 Å². The fourth-order valence-electron chi connectivity index (χ4n) is 1.63. The Morgan fingerprint density at radius 1 is 1.06 bits per heavy atom. The number of rotatable bonds is 12. The first-order valence-electron chi connectivity index (χ1n) is 6.67. The van der Waals surface area contributed by atoms with Crippen LogP contribution in [0.15, 0.2) is 0 Å². The quantitative estimate of drug-likeness (QED) is 0.536. The Hall–Kier alpha value is -0.620. The van der Waals surface area contributed by atoms with E-state index in [-0.39, 0.29) is 18.7 Å². The first kappa shape index (κ1) is 17.4. The van der Waals surface area contributed by atoms with Crippen molar-refractivity contribution < 1.29 is 18.3 Å². The molecule has 0 aromatic carbocycles. The van der Waals surface area contributed by atoms with E-state index in [2.05, 4.69) is 11.6 Å². The average molecular weight is 279 g/mol. The lowest BCUT2D eigenvalue weighted by Crippen LogP contribution is -2.28. The second kappa shape index (κ2) is 10.3. The summed E-state index contributed by atoms with van der Waals surface area (Å²) in [7, 11) is -3.29. The highest BCUT2D eigenvalue weighted by molar-refractivity contribution is 7.89. The third-order valence-electron chi connectivity index (χ3n) is 2.68. The van der Waals surface area contributed by atoms with Gasteiger partial charge in [-0.1, -0.05) is 45.4 Å². The molecule has 0 bridgehead atoms. The lowest BCUT2D eigenvalue weighted by atomic mass is 10.1. The minimum Gasteiger partial charge on any atom is -0.481 e. The van der Waals surface area contributed by atoms with Gasteiger partial charge in [0.25, 0.3) is 0 Å². The van der Waals surface area contributed by atoms with Gasteiger partial charge in [0.2, 0.25) is 10.0 Å². The Balaban J connectivity index is 3.49. The van der Waals surface area contributed by atoms with E-state index in [4.69, 9.17) is 5.11 Å². The molecule has 0 unspecified atom stereocenters. The summed E-state index contributed by atoms with van der Waals surface area (Å²) in [5, 5.41) is 8.39. The van der Waals surface area contributed by atoms with Crippen molar-refractivity contribution in [3.8, 4) is 0 Å². The van der Waals surface area contributed by atoms with Gasteiger partial charge in [-0.3, -0.25) is 4.79 Å². The highest BCUT2D eigenvalue weighted by Gasteiger charge is 2.09. The van der Waals surface area contributed by atoms with E-state index in [0.717, 1.165) is 12.8 Å². The first-order valence-corrected chi connectivity index (χ1v) is 8.32. The van der Waals surface area contributed by atoms with Gasteiger partial charge in [-0.05, 0) is 6.42 Å². The van der Waals surface area contributed by atoms with E-state index in [1.165, 1.54) is 25.7 Å². The molecule has 0 aromatic heterocycles. The van der Waals surface area contributed by atoms with Crippen LogP contribution >= 0.6 is 0 Å². The molecule has 5 nitrogen and oxygen atoms in total. The van der Waals surface area contributed by atoms with Crippen molar-refractivity contribution in [3.63, 3.8) is 0 Å². The molecule has 0 saturated heterocycles. The fourth-order valence-corrected chi connectivity index (χ4v) is 2.78. The van der Waals surface area contributed by atoms with Gasteiger partial charge in [-0.2, -0.15) is 0 Å². The van der Waals surface area contributed by atoms with Crippen LogP contribution < -0.4 is 4.72 Å². The van der Waals surface area contributed by atoms with Gasteiger partial charge in [0.15, 0.2) is 0 Å². The van der Waals surface area contributed by atoms with Crippen LogP contribution in [-0.4, -0.2) is 31.8 Å². The van der Waals surface area contributed by atoms with Crippen molar-refractivity contribution in [2.24, 2.45) is 0 Å². The van der Waals surface area contributed by atoms with Gasteiger partial charge in [0.05, 0.1) is 12.2 Å². The van der Waals surface area contributed by atoms with Gasteiger partial charge < -0.3 is 5.11 Å². The Labute approximate surface area is 110 Å². The summed E-state index contributed by atoms with van der Waals surface area (Å²) in [6, 6.07) is 0. The van der Waals surface area contributed by atoms with Gasteiger partial charge in [-0.25, -0.2) is 13.1 Å². The number of carboxylic acid groups (broad SMARTS) is 1. The van der Waals surface area contributed by atoms with Crippen LogP contribution in [0.3, 0.4) is 0 Å². The monoisotopic (exact) mass is 279 g/mol. The maximum atomic E-state index is 11.4. The summed E-state index contributed by atoms with van der Waals surface area (Å²) in [5.41, 5.74) is 0. The zero-order chi connectivity index (χ0) is 13.9. The highest BCUT2D eigenvalue weighted by atomic mass is 32.2. The van der Waals surface area contributed by atoms with Crippen LogP contribution in [0.1, 0.15) is 58.3 Å². The standard InChI is InChI=1S/C12H25NO4S/c1-2-3-4-5-6-7-8-11-18(16,17)13-10-9-12(14)15/h13H,2-11H2,1H3,(H,14,15). The number of hydrogen-bond acceptors (Lipinski definition) is 3. The van der Waals surface area contributed by atoms with Crippen molar-refractivity contribution in [2.45, 2.75) is 58.3 Å². The number of hydrogen-bond donors (Lipinski definition) is 2. The average Bonchev–Trinajstić information content (AvgIpc) is 2.27. The minimum atomic E-state index is -3.29. The number of carboxylic acids is 1. The van der Waals surface area contributed by atoms with Crippen molar-refractivity contribution in [1.29, 1.82) is 0 Å². The van der Waals surface area contributed by atoms with Crippen LogP contribution in [0.2, 0.25) is 0 Å². The maximum Gasteiger partial charge on any atom is 0.304 e. The summed E-state index contributed by atoms with van der Waals surface area (Å²) in [5.74, 6) is -0.894. The molecule has 2 N–H and O–H groups in total. The predicted octanol–water partition coefficient (Wildman–Crippen LogP) is 2.13. The molecule has 0 aromatic rings. The maximum absolute atomic E-state index is 11.4. The Bertz CT molecular complexity index is 314. The molecule has 0 spiro atoms. The second-order valence-corrected chi connectivity index (χ2v) is 6.40. The number of carbonyl (C=O) groups is 1. The molecular weight excluding hydrogens is 254 g/mol. The third-order valence-corrected chi connectivity index (χ3v) is 4.15. The molecule has 0 aliphatic rings. The zero-order valence-corrected chi connectivity index (χ0v) is 12.0. The minimum absolute atomic E-state index is 0.0197. The first-order chi connectivity index (χ1) is 8.48. The van der Waals surface area contributed by atoms with Crippen LogP contribution in [-0.2, 0) is 14.8 Å². The molecule has 0 atom stereocenters. The summed E-state index contributed by atoms with van der Waals surface area (Å²) in [6.07, 6.45) is 7.32. The van der Waals surface area contributed by atoms with E-state index in [1.54, 1.807) is 0 Å². The molecule has 0 radical (unpaired) electrons. The van der Waals surface area contributed by atoms with E-state index in [9.17, 15) is 13.2 Å². The Morgan fingerprint density at radius 2 is 1.61 bits per heavy atom. The zero-order valence-electron chi connectivity index (χ0n) is 11.2. The van der Waals surface area contributed by atoms with Crippen molar-refractivity contribution in [3.05, 3.63) is 0 Å². The van der Waals surface area contributed by atoms with E-state index in [1.807, 2.05) is 0 Å². The molecule has 18 heavy (non-hydrogen) atoms. The molecular formula is C12H25NO4S. The number of unbranched alkanes of at least 4 members (excludes halogenated alkanes) is 6. The van der Waals surface area contributed by atoms with Crippen LogP contribution in [0.5, 0.6) is 0 Å². The normalized spacial score (nSPS) is 11.6. The Kier molecular flexibility index (Phi) is 9.96. The van der Waals surface area contributed by atoms with Gasteiger partial charge in [0, 0.05) is 6.54 Å². The topological polar surface area (TPSA) is 83.5 Å². The molecule has 0 saturated carbocycles. The van der Waals surface area contributed by atoms with E-state index < -0.39 is 16.0 Å². The largest absolute Gasteiger partial charge is 0.481 e. The SMILES string of the molecule is CCCCCCCCCS(=O)(=O)NCCC(=O)O. The predicted molar refractivity (Wildman–Crippen MR) is 72.0 cm³/mol.